The average molecular weight is 351 g/mol. The predicted octanol–water partition coefficient (Wildman–Crippen LogP) is 2.98. The maximum absolute atomic E-state index is 13.0. The first-order chi connectivity index (χ1) is 8.88. The highest BCUT2D eigenvalue weighted by Gasteiger charge is 2.27. The fourth-order valence-corrected chi connectivity index (χ4v) is 4.13. The maximum Gasteiger partial charge on any atom is 0.301 e. The Labute approximate surface area is 121 Å². The van der Waals surface area contributed by atoms with Gasteiger partial charge in [-0.25, -0.2) is 4.39 Å². The molecule has 1 unspecified atom stereocenters. The van der Waals surface area contributed by atoms with E-state index in [2.05, 4.69) is 20.7 Å². The summed E-state index contributed by atoms with van der Waals surface area (Å²) in [6.07, 6.45) is 1.92. The highest BCUT2D eigenvalue weighted by Crippen LogP contribution is 2.26. The molecule has 1 aromatic rings. The predicted molar refractivity (Wildman–Crippen MR) is 76.6 cm³/mol. The molecule has 1 atom stereocenters. The van der Waals surface area contributed by atoms with Gasteiger partial charge in [-0.15, -0.1) is 0 Å². The number of nitrogens with zero attached hydrogens (tertiary/aromatic N) is 1. The molecule has 0 aliphatic carbocycles. The molecule has 1 aromatic carbocycles. The van der Waals surface area contributed by atoms with Crippen LogP contribution < -0.4 is 4.72 Å². The Morgan fingerprint density at radius 3 is 2.84 bits per heavy atom. The summed E-state index contributed by atoms with van der Waals surface area (Å²) in [6, 6.07) is 3.86. The summed E-state index contributed by atoms with van der Waals surface area (Å²) in [7, 11) is -3.57. The SMILES string of the molecule is CC1CCCN(S(=O)(=O)Nc2ccc(F)cc2Br)C1. The van der Waals surface area contributed by atoms with Crippen LogP contribution in [0, 0.1) is 11.7 Å². The van der Waals surface area contributed by atoms with Gasteiger partial charge in [0.2, 0.25) is 0 Å². The third kappa shape index (κ3) is 3.67. The number of hydrogen-bond donors (Lipinski definition) is 1. The van der Waals surface area contributed by atoms with Crippen LogP contribution >= 0.6 is 15.9 Å². The van der Waals surface area contributed by atoms with Gasteiger partial charge in [-0.05, 0) is 52.9 Å². The molecule has 106 valence electrons. The molecule has 1 saturated heterocycles. The van der Waals surface area contributed by atoms with Crippen molar-refractivity contribution < 1.29 is 12.8 Å². The number of anilines is 1. The van der Waals surface area contributed by atoms with Gasteiger partial charge in [-0.1, -0.05) is 6.92 Å². The molecule has 0 bridgehead atoms. The van der Waals surface area contributed by atoms with Crippen molar-refractivity contribution in [2.24, 2.45) is 5.92 Å². The van der Waals surface area contributed by atoms with E-state index < -0.39 is 16.0 Å². The second kappa shape index (κ2) is 5.76. The molecule has 0 aromatic heterocycles. The summed E-state index contributed by atoms with van der Waals surface area (Å²) < 4.78 is 41.8. The van der Waals surface area contributed by atoms with Crippen LogP contribution in [0.25, 0.3) is 0 Å². The fraction of sp³-hybridized carbons (Fsp3) is 0.500. The van der Waals surface area contributed by atoms with E-state index in [1.165, 1.54) is 22.5 Å². The summed E-state index contributed by atoms with van der Waals surface area (Å²) in [5.41, 5.74) is 0.347. The van der Waals surface area contributed by atoms with Crippen LogP contribution in [0.5, 0.6) is 0 Å². The lowest BCUT2D eigenvalue weighted by Gasteiger charge is -2.30. The van der Waals surface area contributed by atoms with Crippen LogP contribution in [-0.4, -0.2) is 25.8 Å². The Balaban J connectivity index is 2.16. The van der Waals surface area contributed by atoms with Crippen LogP contribution in [0.15, 0.2) is 22.7 Å². The first-order valence-corrected chi connectivity index (χ1v) is 8.35. The van der Waals surface area contributed by atoms with Gasteiger partial charge in [-0.2, -0.15) is 12.7 Å². The minimum absolute atomic E-state index is 0.347. The summed E-state index contributed by atoms with van der Waals surface area (Å²) >= 11 is 3.15. The first kappa shape index (κ1) is 14.7. The van der Waals surface area contributed by atoms with Gasteiger partial charge in [0.25, 0.3) is 0 Å². The summed E-state index contributed by atoms with van der Waals surface area (Å²) in [5.74, 6) is -0.0524. The van der Waals surface area contributed by atoms with Crippen molar-refractivity contribution in [1.82, 2.24) is 4.31 Å². The lowest BCUT2D eigenvalue weighted by atomic mass is 10.0. The Morgan fingerprint density at radius 1 is 1.47 bits per heavy atom. The van der Waals surface area contributed by atoms with E-state index in [9.17, 15) is 12.8 Å². The molecule has 1 N–H and O–H groups in total. The van der Waals surface area contributed by atoms with E-state index in [4.69, 9.17) is 0 Å². The van der Waals surface area contributed by atoms with Gasteiger partial charge >= 0.3 is 10.2 Å². The van der Waals surface area contributed by atoms with E-state index in [0.717, 1.165) is 12.8 Å². The number of rotatable bonds is 3. The van der Waals surface area contributed by atoms with Gasteiger partial charge < -0.3 is 0 Å². The topological polar surface area (TPSA) is 49.4 Å². The molecule has 1 aliphatic rings. The lowest BCUT2D eigenvalue weighted by Crippen LogP contribution is -2.42. The minimum atomic E-state index is -3.57. The van der Waals surface area contributed by atoms with Crippen LogP contribution in [0.1, 0.15) is 19.8 Å². The zero-order chi connectivity index (χ0) is 14.0. The Hall–Kier alpha value is -0.660. The molecule has 0 radical (unpaired) electrons. The van der Waals surface area contributed by atoms with Crippen molar-refractivity contribution >= 4 is 31.8 Å². The highest BCUT2D eigenvalue weighted by atomic mass is 79.9. The van der Waals surface area contributed by atoms with Gasteiger partial charge in [0.15, 0.2) is 0 Å². The average Bonchev–Trinajstić information content (AvgIpc) is 2.33. The largest absolute Gasteiger partial charge is 0.301 e. The quantitative estimate of drug-likeness (QED) is 0.910. The Kier molecular flexibility index (Phi) is 4.47. The molecule has 0 amide bonds. The molecular weight excluding hydrogens is 335 g/mol. The summed E-state index contributed by atoms with van der Waals surface area (Å²) in [5, 5.41) is 0. The maximum atomic E-state index is 13.0. The third-order valence-electron chi connectivity index (χ3n) is 3.13. The first-order valence-electron chi connectivity index (χ1n) is 6.11. The lowest BCUT2D eigenvalue weighted by molar-refractivity contribution is 0.282. The van der Waals surface area contributed by atoms with Gasteiger partial charge in [-0.3, -0.25) is 4.72 Å². The van der Waals surface area contributed by atoms with Crippen LogP contribution in [0.3, 0.4) is 0 Å². The van der Waals surface area contributed by atoms with Crippen molar-refractivity contribution in [3.63, 3.8) is 0 Å². The zero-order valence-corrected chi connectivity index (χ0v) is 13.0. The molecular formula is C12H16BrFN2O2S. The second-order valence-electron chi connectivity index (χ2n) is 4.84. The van der Waals surface area contributed by atoms with Gasteiger partial charge in [0, 0.05) is 17.6 Å². The van der Waals surface area contributed by atoms with Gasteiger partial charge in [0.1, 0.15) is 5.82 Å². The van der Waals surface area contributed by atoms with Crippen molar-refractivity contribution in [3.05, 3.63) is 28.5 Å². The number of nitrogens with one attached hydrogen (secondary N) is 1. The Bertz CT molecular complexity index is 565. The normalized spacial score (nSPS) is 21.3. The zero-order valence-electron chi connectivity index (χ0n) is 10.6. The number of halogens is 2. The standard InChI is InChI=1S/C12H16BrFN2O2S/c1-9-3-2-6-16(8-9)19(17,18)15-12-5-4-10(14)7-11(12)13/h4-5,7,9,15H,2-3,6,8H2,1H3. The van der Waals surface area contributed by atoms with E-state index >= 15 is 0 Å². The van der Waals surface area contributed by atoms with Crippen molar-refractivity contribution in [2.45, 2.75) is 19.8 Å². The summed E-state index contributed by atoms with van der Waals surface area (Å²) in [4.78, 5) is 0. The van der Waals surface area contributed by atoms with Gasteiger partial charge in [0.05, 0.1) is 5.69 Å². The van der Waals surface area contributed by atoms with E-state index in [1.807, 2.05) is 6.92 Å². The second-order valence-corrected chi connectivity index (χ2v) is 7.36. The molecule has 1 fully saturated rings. The molecule has 0 saturated carbocycles. The molecule has 0 spiro atoms. The molecule has 19 heavy (non-hydrogen) atoms. The van der Waals surface area contributed by atoms with Crippen molar-refractivity contribution in [1.29, 1.82) is 0 Å². The van der Waals surface area contributed by atoms with Crippen molar-refractivity contribution in [2.75, 3.05) is 17.8 Å². The van der Waals surface area contributed by atoms with E-state index in [-0.39, 0.29) is 0 Å². The monoisotopic (exact) mass is 350 g/mol. The van der Waals surface area contributed by atoms with Crippen LogP contribution in [0.2, 0.25) is 0 Å². The molecule has 4 nitrogen and oxygen atoms in total. The third-order valence-corrected chi connectivity index (χ3v) is 5.28. The van der Waals surface area contributed by atoms with E-state index in [0.29, 0.717) is 29.2 Å². The van der Waals surface area contributed by atoms with E-state index in [1.54, 1.807) is 0 Å². The van der Waals surface area contributed by atoms with Crippen LogP contribution in [-0.2, 0) is 10.2 Å². The highest BCUT2D eigenvalue weighted by molar-refractivity contribution is 9.10. The smallest absolute Gasteiger partial charge is 0.270 e. The van der Waals surface area contributed by atoms with Crippen molar-refractivity contribution in [3.8, 4) is 0 Å². The van der Waals surface area contributed by atoms with Crippen LogP contribution in [0.4, 0.5) is 10.1 Å². The fourth-order valence-electron chi connectivity index (χ4n) is 2.14. The number of piperidine rings is 1. The number of hydrogen-bond acceptors (Lipinski definition) is 2. The molecule has 2 rings (SSSR count). The molecule has 7 heteroatoms. The molecule has 1 aliphatic heterocycles. The minimum Gasteiger partial charge on any atom is -0.270 e. The Morgan fingerprint density at radius 2 is 2.21 bits per heavy atom. The number of benzene rings is 1. The summed E-state index contributed by atoms with van der Waals surface area (Å²) in [6.45, 7) is 3.09. The molecule has 1 heterocycles.